The first-order valence-electron chi connectivity index (χ1n) is 5.29. The average Bonchev–Trinajstić information content (AvgIpc) is 2.08. The highest BCUT2D eigenvalue weighted by atomic mass is 16.3. The van der Waals surface area contributed by atoms with Gasteiger partial charge in [0.1, 0.15) is 5.75 Å². The fourth-order valence-corrected chi connectivity index (χ4v) is 1.70. The van der Waals surface area contributed by atoms with Crippen molar-refractivity contribution >= 4 is 0 Å². The zero-order chi connectivity index (χ0) is 11.8. The molecule has 84 valence electrons. The molecule has 1 aromatic carbocycles. The number of phenols is 1. The van der Waals surface area contributed by atoms with Crippen LogP contribution in [-0.2, 0) is 0 Å². The minimum Gasteiger partial charge on any atom is -0.507 e. The van der Waals surface area contributed by atoms with Gasteiger partial charge in [-0.3, -0.25) is 0 Å². The zero-order valence-electron chi connectivity index (χ0n) is 10.3. The van der Waals surface area contributed by atoms with E-state index in [9.17, 15) is 5.11 Å². The van der Waals surface area contributed by atoms with Crippen LogP contribution in [0.1, 0.15) is 43.5 Å². The monoisotopic (exact) mass is 207 g/mol. The van der Waals surface area contributed by atoms with E-state index in [0.29, 0.717) is 5.75 Å². The number of aromatic hydroxyl groups is 1. The second-order valence-corrected chi connectivity index (χ2v) is 5.36. The van der Waals surface area contributed by atoms with Gasteiger partial charge >= 0.3 is 0 Å². The molecule has 0 aromatic heterocycles. The van der Waals surface area contributed by atoms with Gasteiger partial charge in [0.05, 0.1) is 0 Å². The smallest absolute Gasteiger partial charge is 0.123 e. The molecular formula is C13H21NO. The van der Waals surface area contributed by atoms with Gasteiger partial charge in [0.25, 0.3) is 0 Å². The molecule has 0 heterocycles. The van der Waals surface area contributed by atoms with Crippen LogP contribution in [0.4, 0.5) is 0 Å². The minimum absolute atomic E-state index is 0.0439. The standard InChI is InChI=1S/C13H21NO/c1-8-6-9(2)11(15)10(7-8)12(14)13(3,4)5/h6-7,12,15H,14H2,1-5H3. The summed E-state index contributed by atoms with van der Waals surface area (Å²) in [6, 6.07) is 3.79. The van der Waals surface area contributed by atoms with Crippen molar-refractivity contribution in [2.45, 2.75) is 40.7 Å². The maximum Gasteiger partial charge on any atom is 0.123 e. The van der Waals surface area contributed by atoms with Gasteiger partial charge in [0.15, 0.2) is 0 Å². The highest BCUT2D eigenvalue weighted by Crippen LogP contribution is 2.37. The van der Waals surface area contributed by atoms with E-state index in [0.717, 1.165) is 16.7 Å². The second-order valence-electron chi connectivity index (χ2n) is 5.36. The number of nitrogens with two attached hydrogens (primary N) is 1. The lowest BCUT2D eigenvalue weighted by atomic mass is 9.82. The largest absolute Gasteiger partial charge is 0.507 e. The number of benzene rings is 1. The van der Waals surface area contributed by atoms with Gasteiger partial charge in [-0.1, -0.05) is 38.5 Å². The molecule has 0 saturated carbocycles. The Labute approximate surface area is 92.1 Å². The average molecular weight is 207 g/mol. The van der Waals surface area contributed by atoms with Crippen LogP contribution in [0.15, 0.2) is 12.1 Å². The minimum atomic E-state index is -0.143. The van der Waals surface area contributed by atoms with Crippen LogP contribution in [0.3, 0.4) is 0 Å². The SMILES string of the molecule is Cc1cc(C)c(O)c(C(N)C(C)(C)C)c1. The Morgan fingerprint density at radius 2 is 1.73 bits per heavy atom. The molecule has 2 heteroatoms. The highest BCUT2D eigenvalue weighted by Gasteiger charge is 2.25. The van der Waals surface area contributed by atoms with Crippen molar-refractivity contribution in [3.05, 3.63) is 28.8 Å². The molecule has 0 radical (unpaired) electrons. The molecule has 0 aliphatic rings. The summed E-state index contributed by atoms with van der Waals surface area (Å²) in [5.74, 6) is 0.336. The first kappa shape index (κ1) is 12.1. The molecule has 0 bridgehead atoms. The Hall–Kier alpha value is -1.02. The normalized spacial score (nSPS) is 14.0. The van der Waals surface area contributed by atoms with Gasteiger partial charge in [-0.05, 0) is 24.8 Å². The van der Waals surface area contributed by atoms with Gasteiger partial charge in [-0.15, -0.1) is 0 Å². The summed E-state index contributed by atoms with van der Waals surface area (Å²) in [5, 5.41) is 9.98. The van der Waals surface area contributed by atoms with Crippen molar-refractivity contribution in [2.24, 2.45) is 11.1 Å². The van der Waals surface area contributed by atoms with E-state index >= 15 is 0 Å². The Morgan fingerprint density at radius 1 is 1.20 bits per heavy atom. The lowest BCUT2D eigenvalue weighted by Crippen LogP contribution is -2.26. The van der Waals surface area contributed by atoms with Gasteiger partial charge in [-0.25, -0.2) is 0 Å². The lowest BCUT2D eigenvalue weighted by Gasteiger charge is -2.28. The fourth-order valence-electron chi connectivity index (χ4n) is 1.70. The van der Waals surface area contributed by atoms with Crippen molar-refractivity contribution in [3.63, 3.8) is 0 Å². The molecule has 1 aromatic rings. The number of phenolic OH excluding ortho intramolecular Hbond substituents is 1. The summed E-state index contributed by atoms with van der Waals surface area (Å²) < 4.78 is 0. The molecule has 1 rings (SSSR count). The van der Waals surface area contributed by atoms with Crippen LogP contribution in [0, 0.1) is 19.3 Å². The van der Waals surface area contributed by atoms with E-state index in [1.54, 1.807) is 0 Å². The zero-order valence-corrected chi connectivity index (χ0v) is 10.3. The molecule has 0 spiro atoms. The predicted octanol–water partition coefficient (Wildman–Crippen LogP) is 3.05. The summed E-state index contributed by atoms with van der Waals surface area (Å²) in [7, 11) is 0. The van der Waals surface area contributed by atoms with Crippen molar-refractivity contribution in [1.29, 1.82) is 0 Å². The summed E-state index contributed by atoms with van der Waals surface area (Å²) in [5.41, 5.74) is 8.99. The third-order valence-corrected chi connectivity index (χ3v) is 2.74. The number of hydrogen-bond donors (Lipinski definition) is 2. The molecule has 0 saturated heterocycles. The summed E-state index contributed by atoms with van der Waals surface area (Å²) in [6.07, 6.45) is 0. The fraction of sp³-hybridized carbons (Fsp3) is 0.538. The Kier molecular flexibility index (Phi) is 3.10. The number of hydrogen-bond acceptors (Lipinski definition) is 2. The molecule has 2 nitrogen and oxygen atoms in total. The molecular weight excluding hydrogens is 186 g/mol. The van der Waals surface area contributed by atoms with Crippen LogP contribution in [0.25, 0.3) is 0 Å². The van der Waals surface area contributed by atoms with Gasteiger partial charge < -0.3 is 10.8 Å². The Balaban J connectivity index is 3.25. The predicted molar refractivity (Wildman–Crippen MR) is 64.0 cm³/mol. The van der Waals surface area contributed by atoms with Gasteiger partial charge in [0, 0.05) is 11.6 Å². The van der Waals surface area contributed by atoms with Gasteiger partial charge in [0.2, 0.25) is 0 Å². The molecule has 1 unspecified atom stereocenters. The third kappa shape index (κ3) is 2.51. The lowest BCUT2D eigenvalue weighted by molar-refractivity contribution is 0.317. The molecule has 0 aliphatic carbocycles. The van der Waals surface area contributed by atoms with Crippen molar-refractivity contribution in [1.82, 2.24) is 0 Å². The van der Waals surface area contributed by atoms with Crippen LogP contribution < -0.4 is 5.73 Å². The molecule has 0 aliphatic heterocycles. The molecule has 0 amide bonds. The topological polar surface area (TPSA) is 46.2 Å². The Morgan fingerprint density at radius 3 is 2.20 bits per heavy atom. The molecule has 15 heavy (non-hydrogen) atoms. The molecule has 1 atom stereocenters. The third-order valence-electron chi connectivity index (χ3n) is 2.74. The van der Waals surface area contributed by atoms with Crippen molar-refractivity contribution in [2.75, 3.05) is 0 Å². The first-order valence-corrected chi connectivity index (χ1v) is 5.29. The number of aryl methyl sites for hydroxylation is 2. The first-order chi connectivity index (χ1) is 6.73. The van der Waals surface area contributed by atoms with Crippen LogP contribution in [-0.4, -0.2) is 5.11 Å². The van der Waals surface area contributed by atoms with Crippen molar-refractivity contribution < 1.29 is 5.11 Å². The number of rotatable bonds is 1. The van der Waals surface area contributed by atoms with Crippen molar-refractivity contribution in [3.8, 4) is 5.75 Å². The van der Waals surface area contributed by atoms with E-state index in [1.807, 2.05) is 26.0 Å². The van der Waals surface area contributed by atoms with E-state index in [2.05, 4.69) is 20.8 Å². The van der Waals surface area contributed by atoms with Gasteiger partial charge in [-0.2, -0.15) is 0 Å². The Bertz CT molecular complexity index is 364. The van der Waals surface area contributed by atoms with E-state index < -0.39 is 0 Å². The van der Waals surface area contributed by atoms with Crippen LogP contribution in [0.2, 0.25) is 0 Å². The van der Waals surface area contributed by atoms with E-state index in [-0.39, 0.29) is 11.5 Å². The molecule has 3 N–H and O–H groups in total. The summed E-state index contributed by atoms with van der Waals surface area (Å²) >= 11 is 0. The van der Waals surface area contributed by atoms with Crippen LogP contribution >= 0.6 is 0 Å². The highest BCUT2D eigenvalue weighted by molar-refractivity contribution is 5.44. The molecule has 0 fully saturated rings. The second kappa shape index (κ2) is 3.86. The maximum absolute atomic E-state index is 9.98. The van der Waals surface area contributed by atoms with E-state index in [4.69, 9.17) is 5.73 Å². The summed E-state index contributed by atoms with van der Waals surface area (Å²) in [4.78, 5) is 0. The maximum atomic E-state index is 9.98. The van der Waals surface area contributed by atoms with Crippen LogP contribution in [0.5, 0.6) is 5.75 Å². The summed E-state index contributed by atoms with van der Waals surface area (Å²) in [6.45, 7) is 10.2. The van der Waals surface area contributed by atoms with E-state index in [1.165, 1.54) is 0 Å². The quantitative estimate of drug-likeness (QED) is 0.743.